The van der Waals surface area contributed by atoms with Crippen LogP contribution < -0.4 is 10.4 Å². The van der Waals surface area contributed by atoms with E-state index in [1.54, 1.807) is 22.7 Å². The Morgan fingerprint density at radius 1 is 1.40 bits per heavy atom. The van der Waals surface area contributed by atoms with Gasteiger partial charge in [0.25, 0.3) is 0 Å². The lowest BCUT2D eigenvalue weighted by molar-refractivity contribution is -0.838. The maximum atomic E-state index is 12.5. The van der Waals surface area contributed by atoms with Crippen molar-refractivity contribution in [2.75, 3.05) is 20.6 Å². The van der Waals surface area contributed by atoms with Gasteiger partial charge < -0.3 is 15.6 Å². The smallest absolute Gasteiger partial charge is 0.237 e. The number of rotatable bonds is 2. The summed E-state index contributed by atoms with van der Waals surface area (Å²) >= 11 is -1.27. The van der Waals surface area contributed by atoms with Crippen LogP contribution in [0.5, 0.6) is 0 Å². The fourth-order valence-electron chi connectivity index (χ4n) is 2.68. The van der Waals surface area contributed by atoms with Crippen LogP contribution in [0.2, 0.25) is 0 Å². The van der Waals surface area contributed by atoms with E-state index in [1.165, 1.54) is 0 Å². The molecule has 1 aromatic carbocycles. The molecule has 7 heteroatoms. The van der Waals surface area contributed by atoms with E-state index in [1.807, 2.05) is 30.3 Å². The molecule has 2 N–H and O–H groups in total. The standard InChI is InChI=1S/C13H18N4O2S/c1-15-9-11-13(16(2)20(15)19)17(18)12(14-11)8-10-6-4-3-5-7-10/h3-7,12,14,17H,8-9H2,1-2H3. The Bertz CT molecular complexity index is 563. The topological polar surface area (TPSA) is 63.1 Å². The number of likely N-dealkylation sites (N-methyl/N-ethyl adjacent to an activating group) is 1. The summed E-state index contributed by atoms with van der Waals surface area (Å²) in [5, 5.41) is 15.8. The Morgan fingerprint density at radius 3 is 2.80 bits per heavy atom. The van der Waals surface area contributed by atoms with E-state index in [9.17, 15) is 9.42 Å². The first-order chi connectivity index (χ1) is 9.58. The van der Waals surface area contributed by atoms with E-state index in [0.717, 1.165) is 11.3 Å². The van der Waals surface area contributed by atoms with Crippen molar-refractivity contribution in [3.63, 3.8) is 0 Å². The molecule has 3 atom stereocenters. The fraction of sp³-hybridized carbons (Fsp3) is 0.385. The zero-order chi connectivity index (χ0) is 14.3. The van der Waals surface area contributed by atoms with E-state index in [0.29, 0.717) is 18.8 Å². The second-order valence-corrected chi connectivity index (χ2v) is 6.72. The van der Waals surface area contributed by atoms with Crippen molar-refractivity contribution < 1.29 is 9.27 Å². The first kappa shape index (κ1) is 13.6. The average Bonchev–Trinajstić information content (AvgIpc) is 2.74. The Balaban J connectivity index is 1.79. The van der Waals surface area contributed by atoms with Gasteiger partial charge in [-0.25, -0.2) is 12.8 Å². The zero-order valence-corrected chi connectivity index (χ0v) is 12.3. The highest BCUT2D eigenvalue weighted by Gasteiger charge is 2.40. The molecule has 108 valence electrons. The average molecular weight is 294 g/mol. The number of benzene rings is 1. The maximum absolute atomic E-state index is 12.5. The van der Waals surface area contributed by atoms with Crippen molar-refractivity contribution in [2.24, 2.45) is 0 Å². The van der Waals surface area contributed by atoms with Crippen LogP contribution in [0.4, 0.5) is 0 Å². The van der Waals surface area contributed by atoms with E-state index >= 15 is 0 Å². The molecule has 2 aliphatic rings. The molecule has 0 aromatic heterocycles. The van der Waals surface area contributed by atoms with Crippen LogP contribution in [0.1, 0.15) is 5.56 Å². The van der Waals surface area contributed by atoms with E-state index in [-0.39, 0.29) is 11.2 Å². The van der Waals surface area contributed by atoms with Crippen LogP contribution >= 0.6 is 0 Å². The molecule has 0 bridgehead atoms. The molecule has 2 heterocycles. The molecule has 0 radical (unpaired) electrons. The number of hydroxylamine groups is 2. The van der Waals surface area contributed by atoms with Crippen molar-refractivity contribution in [2.45, 2.75) is 12.6 Å². The lowest BCUT2D eigenvalue weighted by atomic mass is 10.1. The highest BCUT2D eigenvalue weighted by Crippen LogP contribution is 2.18. The van der Waals surface area contributed by atoms with Gasteiger partial charge in [0, 0.05) is 20.5 Å². The van der Waals surface area contributed by atoms with Crippen molar-refractivity contribution >= 4 is 11.2 Å². The third kappa shape index (κ3) is 2.22. The second-order valence-electron chi connectivity index (χ2n) is 5.09. The highest BCUT2D eigenvalue weighted by molar-refractivity contribution is 7.80. The third-order valence-corrected chi connectivity index (χ3v) is 4.98. The van der Waals surface area contributed by atoms with Gasteiger partial charge >= 0.3 is 0 Å². The molecule has 0 aliphatic carbocycles. The van der Waals surface area contributed by atoms with E-state index in [2.05, 4.69) is 5.32 Å². The molecule has 2 aliphatic heterocycles. The van der Waals surface area contributed by atoms with E-state index < -0.39 is 11.2 Å². The normalized spacial score (nSPS) is 30.4. The summed E-state index contributed by atoms with van der Waals surface area (Å²) in [5.74, 6) is 0.572. The Kier molecular flexibility index (Phi) is 3.51. The van der Waals surface area contributed by atoms with Crippen molar-refractivity contribution in [3.05, 3.63) is 52.6 Å². The van der Waals surface area contributed by atoms with Gasteiger partial charge in [0.2, 0.25) is 17.0 Å². The largest absolute Gasteiger partial charge is 0.626 e. The SMILES string of the molecule is CN1CC2=C(N(C)S1=O)[NH+]([O-])C(Cc1ccccc1)N2. The summed E-state index contributed by atoms with van der Waals surface area (Å²) < 4.78 is 15.3. The molecule has 3 rings (SSSR count). The van der Waals surface area contributed by atoms with Crippen LogP contribution in [0.3, 0.4) is 0 Å². The summed E-state index contributed by atoms with van der Waals surface area (Å²) in [6, 6.07) is 9.93. The van der Waals surface area contributed by atoms with Gasteiger partial charge in [-0.3, -0.25) is 0 Å². The fourth-order valence-corrected chi connectivity index (χ4v) is 3.70. The first-order valence-corrected chi connectivity index (χ1v) is 7.59. The van der Waals surface area contributed by atoms with Crippen molar-refractivity contribution in [1.29, 1.82) is 0 Å². The molecule has 6 nitrogen and oxygen atoms in total. The summed E-state index contributed by atoms with van der Waals surface area (Å²) in [6.45, 7) is 0.517. The first-order valence-electron chi connectivity index (χ1n) is 6.52. The number of nitrogens with one attached hydrogen (secondary N) is 2. The van der Waals surface area contributed by atoms with Crippen molar-refractivity contribution in [3.8, 4) is 0 Å². The molecule has 0 amide bonds. The molecule has 1 aromatic rings. The van der Waals surface area contributed by atoms with E-state index in [4.69, 9.17) is 0 Å². The van der Waals surface area contributed by atoms with Crippen LogP contribution in [0.25, 0.3) is 0 Å². The van der Waals surface area contributed by atoms with Gasteiger partial charge in [0.1, 0.15) is 5.70 Å². The molecule has 3 unspecified atom stereocenters. The minimum atomic E-state index is -1.27. The second kappa shape index (κ2) is 5.17. The van der Waals surface area contributed by atoms with Gasteiger partial charge in [0.05, 0.1) is 6.54 Å². The highest BCUT2D eigenvalue weighted by atomic mass is 32.2. The molecule has 0 saturated carbocycles. The molecule has 20 heavy (non-hydrogen) atoms. The Morgan fingerprint density at radius 2 is 2.10 bits per heavy atom. The molecule has 0 fully saturated rings. The predicted octanol–water partition coefficient (Wildman–Crippen LogP) is -0.834. The van der Waals surface area contributed by atoms with Gasteiger partial charge in [-0.2, -0.15) is 0 Å². The lowest BCUT2D eigenvalue weighted by Crippen LogP contribution is -3.10. The molecule has 0 spiro atoms. The van der Waals surface area contributed by atoms with Crippen LogP contribution in [-0.4, -0.2) is 39.6 Å². The van der Waals surface area contributed by atoms with Gasteiger partial charge in [-0.1, -0.05) is 30.3 Å². The maximum Gasteiger partial charge on any atom is 0.237 e. The minimum absolute atomic E-state index is 0.0350. The third-order valence-electron chi connectivity index (χ3n) is 3.66. The predicted molar refractivity (Wildman–Crippen MR) is 77.0 cm³/mol. The summed E-state index contributed by atoms with van der Waals surface area (Å²) in [4.78, 5) is 0. The van der Waals surface area contributed by atoms with Crippen molar-refractivity contribution in [1.82, 2.24) is 13.9 Å². The summed E-state index contributed by atoms with van der Waals surface area (Å²) in [6.07, 6.45) is 0.394. The zero-order valence-electron chi connectivity index (χ0n) is 11.5. The minimum Gasteiger partial charge on any atom is -0.626 e. The van der Waals surface area contributed by atoms with Gasteiger partial charge in [0.15, 0.2) is 6.17 Å². The van der Waals surface area contributed by atoms with Gasteiger partial charge in [-0.05, 0) is 5.56 Å². The number of hydrogen-bond acceptors (Lipinski definition) is 3. The summed E-state index contributed by atoms with van der Waals surface area (Å²) in [7, 11) is 3.48. The number of nitrogens with zero attached hydrogens (tertiary/aromatic N) is 2. The van der Waals surface area contributed by atoms with Gasteiger partial charge in [-0.15, -0.1) is 0 Å². The lowest BCUT2D eigenvalue weighted by Gasteiger charge is -2.33. The molecule has 0 saturated heterocycles. The summed E-state index contributed by atoms with van der Waals surface area (Å²) in [5.41, 5.74) is 2.00. The van der Waals surface area contributed by atoms with Crippen LogP contribution in [0, 0.1) is 5.21 Å². The Labute approximate surface area is 121 Å². The Hall–Kier alpha value is -1.41. The molecular weight excluding hydrogens is 276 g/mol. The number of quaternary nitrogens is 1. The quantitative estimate of drug-likeness (QED) is 0.700. The van der Waals surface area contributed by atoms with Crippen LogP contribution in [-0.2, 0) is 17.6 Å². The molecular formula is C13H18N4O2S. The monoisotopic (exact) mass is 294 g/mol. The number of hydrogen-bond donors (Lipinski definition) is 2. The van der Waals surface area contributed by atoms with Crippen LogP contribution in [0.15, 0.2) is 41.8 Å².